The third-order valence-corrected chi connectivity index (χ3v) is 5.85. The van der Waals surface area contributed by atoms with Gasteiger partial charge in [-0.2, -0.15) is 0 Å². The van der Waals surface area contributed by atoms with Gasteiger partial charge in [-0.05, 0) is 54.1 Å². The highest BCUT2D eigenvalue weighted by Crippen LogP contribution is 2.44. The minimum Gasteiger partial charge on any atom is -0.507 e. The second kappa shape index (κ2) is 9.37. The van der Waals surface area contributed by atoms with Crippen molar-refractivity contribution in [3.8, 4) is 11.5 Å². The van der Waals surface area contributed by atoms with E-state index in [1.807, 2.05) is 0 Å². The van der Waals surface area contributed by atoms with Crippen LogP contribution in [0.2, 0.25) is 10.0 Å². The summed E-state index contributed by atoms with van der Waals surface area (Å²) in [7, 11) is 2.90. The molecule has 1 saturated heterocycles. The van der Waals surface area contributed by atoms with Crippen molar-refractivity contribution >= 4 is 46.3 Å². The number of rotatable bonds is 5. The molecule has 0 saturated carbocycles. The monoisotopic (exact) mass is 501 g/mol. The number of amides is 1. The molecule has 0 bridgehead atoms. The molecule has 4 rings (SSSR count). The van der Waals surface area contributed by atoms with Crippen molar-refractivity contribution in [2.24, 2.45) is 0 Å². The summed E-state index contributed by atoms with van der Waals surface area (Å²) in [5.41, 5.74) is 0.700. The zero-order chi connectivity index (χ0) is 24.6. The van der Waals surface area contributed by atoms with Crippen LogP contribution in [0.5, 0.6) is 11.5 Å². The Hall–Kier alpha value is -3.55. The molecule has 9 heteroatoms. The molecule has 1 amide bonds. The fourth-order valence-electron chi connectivity index (χ4n) is 3.88. The number of nitrogens with zero attached hydrogens (tertiary/aromatic N) is 1. The molecule has 0 aromatic heterocycles. The average Bonchev–Trinajstić information content (AvgIpc) is 3.08. The van der Waals surface area contributed by atoms with Crippen molar-refractivity contribution < 1.29 is 28.6 Å². The van der Waals surface area contributed by atoms with Crippen molar-refractivity contribution in [1.29, 1.82) is 0 Å². The zero-order valence-corrected chi connectivity index (χ0v) is 19.5. The van der Waals surface area contributed by atoms with Gasteiger partial charge in [-0.15, -0.1) is 0 Å². The number of Topliss-reactive ketones (excluding diaryl/α,β-unsaturated/α-hetero) is 1. The predicted octanol–water partition coefficient (Wildman–Crippen LogP) is 5.78. The van der Waals surface area contributed by atoms with Gasteiger partial charge in [-0.25, -0.2) is 4.39 Å². The van der Waals surface area contributed by atoms with E-state index in [-0.39, 0.29) is 26.9 Å². The normalized spacial score (nSPS) is 17.2. The molecule has 174 valence electrons. The van der Waals surface area contributed by atoms with Gasteiger partial charge < -0.3 is 14.6 Å². The highest BCUT2D eigenvalue weighted by Gasteiger charge is 2.47. The number of carbonyl (C=O) groups is 2. The van der Waals surface area contributed by atoms with E-state index >= 15 is 0 Å². The first-order chi connectivity index (χ1) is 16.2. The molecule has 1 aliphatic rings. The number of ketones is 1. The number of benzene rings is 3. The molecule has 3 aromatic rings. The van der Waals surface area contributed by atoms with Gasteiger partial charge in [0.05, 0.1) is 25.8 Å². The van der Waals surface area contributed by atoms with Crippen LogP contribution < -0.4 is 14.4 Å². The van der Waals surface area contributed by atoms with Crippen LogP contribution in [-0.4, -0.2) is 31.0 Å². The summed E-state index contributed by atoms with van der Waals surface area (Å²) < 4.78 is 24.2. The van der Waals surface area contributed by atoms with Gasteiger partial charge >= 0.3 is 0 Å². The van der Waals surface area contributed by atoms with Crippen molar-refractivity contribution in [3.63, 3.8) is 0 Å². The van der Waals surface area contributed by atoms with E-state index < -0.39 is 29.3 Å². The number of methoxy groups -OCH3 is 2. The number of hydrogen-bond acceptors (Lipinski definition) is 5. The summed E-state index contributed by atoms with van der Waals surface area (Å²) in [6, 6.07) is 13.2. The van der Waals surface area contributed by atoms with Gasteiger partial charge in [0.2, 0.25) is 0 Å². The van der Waals surface area contributed by atoms with Crippen molar-refractivity contribution in [2.45, 2.75) is 6.04 Å². The van der Waals surface area contributed by atoms with Gasteiger partial charge in [0.25, 0.3) is 11.7 Å². The van der Waals surface area contributed by atoms with Gasteiger partial charge in [0.1, 0.15) is 11.6 Å². The van der Waals surface area contributed by atoms with E-state index in [9.17, 15) is 19.1 Å². The number of hydrogen-bond donors (Lipinski definition) is 1. The maximum Gasteiger partial charge on any atom is 0.300 e. The third-order valence-electron chi connectivity index (χ3n) is 5.41. The molecule has 1 heterocycles. The number of anilines is 1. The molecule has 1 N–H and O–H groups in total. The summed E-state index contributed by atoms with van der Waals surface area (Å²) in [5, 5.41) is 11.7. The summed E-state index contributed by atoms with van der Waals surface area (Å²) in [4.78, 5) is 27.6. The number of aliphatic hydroxyl groups is 1. The molecular formula is C25H18Cl2FNO5. The van der Waals surface area contributed by atoms with E-state index in [1.165, 1.54) is 73.7 Å². The minimum atomic E-state index is -1.07. The Morgan fingerprint density at radius 3 is 2.12 bits per heavy atom. The van der Waals surface area contributed by atoms with Gasteiger partial charge in [-0.1, -0.05) is 35.3 Å². The largest absolute Gasteiger partial charge is 0.507 e. The van der Waals surface area contributed by atoms with Crippen LogP contribution in [0.4, 0.5) is 10.1 Å². The first-order valence-electron chi connectivity index (χ1n) is 10.00. The molecular weight excluding hydrogens is 484 g/mol. The smallest absolute Gasteiger partial charge is 0.300 e. The Morgan fingerprint density at radius 2 is 1.53 bits per heavy atom. The standard InChI is InChI=1S/C25H18Cl2FNO5/c1-33-19-8-5-14(9-20(19)34-2)23(30)21-22(13-3-6-17(28)7-4-13)29(25(32)24(21)31)18-11-15(26)10-16(27)12-18/h3-12,22,30H,1-2H3/b23-21+. The molecule has 0 radical (unpaired) electrons. The van der Waals surface area contributed by atoms with E-state index in [4.69, 9.17) is 32.7 Å². The van der Waals surface area contributed by atoms with E-state index in [1.54, 1.807) is 6.07 Å². The Balaban J connectivity index is 1.96. The lowest BCUT2D eigenvalue weighted by Gasteiger charge is -2.26. The predicted molar refractivity (Wildman–Crippen MR) is 127 cm³/mol. The third kappa shape index (κ3) is 4.20. The lowest BCUT2D eigenvalue weighted by atomic mass is 9.95. The van der Waals surface area contributed by atoms with Crippen LogP contribution in [0.1, 0.15) is 17.2 Å². The maximum atomic E-state index is 13.7. The summed E-state index contributed by atoms with van der Waals surface area (Å²) in [5.74, 6) is -1.99. The first kappa shape index (κ1) is 23.6. The summed E-state index contributed by atoms with van der Waals surface area (Å²) in [6.07, 6.45) is 0. The molecule has 1 atom stereocenters. The number of aliphatic hydroxyl groups excluding tert-OH is 1. The van der Waals surface area contributed by atoms with Crippen LogP contribution in [-0.2, 0) is 9.59 Å². The average molecular weight is 502 g/mol. The fourth-order valence-corrected chi connectivity index (χ4v) is 4.39. The van der Waals surface area contributed by atoms with Gasteiger partial charge in [0, 0.05) is 21.3 Å². The maximum absolute atomic E-state index is 13.7. The highest BCUT2D eigenvalue weighted by molar-refractivity contribution is 6.52. The SMILES string of the molecule is COc1ccc(/C(O)=C2\C(=O)C(=O)N(c3cc(Cl)cc(Cl)c3)C2c2ccc(F)cc2)cc1OC. The topological polar surface area (TPSA) is 76.1 Å². The molecule has 34 heavy (non-hydrogen) atoms. The Labute approximate surface area is 204 Å². The Morgan fingerprint density at radius 1 is 0.912 bits per heavy atom. The molecule has 0 spiro atoms. The fraction of sp³-hybridized carbons (Fsp3) is 0.120. The number of carbonyl (C=O) groups excluding carboxylic acids is 2. The van der Waals surface area contributed by atoms with Gasteiger partial charge in [-0.3, -0.25) is 14.5 Å². The lowest BCUT2D eigenvalue weighted by Crippen LogP contribution is -2.29. The lowest BCUT2D eigenvalue weighted by molar-refractivity contribution is -0.132. The number of halogens is 3. The van der Waals surface area contributed by atoms with Crippen LogP contribution in [0.15, 0.2) is 66.2 Å². The Kier molecular flexibility index (Phi) is 6.50. The molecule has 1 fully saturated rings. The van der Waals surface area contributed by atoms with E-state index in [2.05, 4.69) is 0 Å². The second-order valence-electron chi connectivity index (χ2n) is 7.42. The minimum absolute atomic E-state index is 0.181. The van der Waals surface area contributed by atoms with Crippen molar-refractivity contribution in [1.82, 2.24) is 0 Å². The molecule has 1 unspecified atom stereocenters. The van der Waals surface area contributed by atoms with Gasteiger partial charge in [0.15, 0.2) is 11.5 Å². The van der Waals surface area contributed by atoms with Crippen LogP contribution >= 0.6 is 23.2 Å². The molecule has 6 nitrogen and oxygen atoms in total. The van der Waals surface area contributed by atoms with E-state index in [0.29, 0.717) is 17.1 Å². The van der Waals surface area contributed by atoms with Crippen LogP contribution in [0.3, 0.4) is 0 Å². The number of ether oxygens (including phenoxy) is 2. The summed E-state index contributed by atoms with van der Waals surface area (Å²) in [6.45, 7) is 0. The van der Waals surface area contributed by atoms with Crippen LogP contribution in [0, 0.1) is 5.82 Å². The first-order valence-corrected chi connectivity index (χ1v) is 10.8. The van der Waals surface area contributed by atoms with Crippen LogP contribution in [0.25, 0.3) is 5.76 Å². The molecule has 0 aliphatic carbocycles. The second-order valence-corrected chi connectivity index (χ2v) is 8.29. The van der Waals surface area contributed by atoms with Crippen molar-refractivity contribution in [2.75, 3.05) is 19.1 Å². The highest BCUT2D eigenvalue weighted by atomic mass is 35.5. The zero-order valence-electron chi connectivity index (χ0n) is 18.0. The Bertz CT molecular complexity index is 1300. The summed E-state index contributed by atoms with van der Waals surface area (Å²) >= 11 is 12.3. The quantitative estimate of drug-likeness (QED) is 0.272. The molecule has 1 aliphatic heterocycles. The van der Waals surface area contributed by atoms with Crippen molar-refractivity contribution in [3.05, 3.63) is 93.2 Å². The van der Waals surface area contributed by atoms with E-state index in [0.717, 1.165) is 0 Å². The molecule has 3 aromatic carbocycles.